The first kappa shape index (κ1) is 29.3. The van der Waals surface area contributed by atoms with Crippen molar-refractivity contribution in [3.8, 4) is 0 Å². The molecule has 1 fully saturated rings. The van der Waals surface area contributed by atoms with Gasteiger partial charge in [-0.2, -0.15) is 0 Å². The number of aromatic amines is 1. The fourth-order valence-corrected chi connectivity index (χ4v) is 7.12. The van der Waals surface area contributed by atoms with Crippen molar-refractivity contribution in [3.63, 3.8) is 0 Å². The minimum atomic E-state index is -5.90. The predicted molar refractivity (Wildman–Crippen MR) is 112 cm³/mol. The van der Waals surface area contributed by atoms with E-state index in [2.05, 4.69) is 18.1 Å². The van der Waals surface area contributed by atoms with Gasteiger partial charge in [-0.05, 0) is 33.6 Å². The Labute approximate surface area is 195 Å². The van der Waals surface area contributed by atoms with Crippen molar-refractivity contribution < 1.29 is 46.3 Å². The van der Waals surface area contributed by atoms with Crippen LogP contribution in [-0.4, -0.2) is 27.8 Å². The predicted octanol–water partition coefficient (Wildman–Crippen LogP) is -0.142. The van der Waals surface area contributed by atoms with E-state index in [0.717, 1.165) is 4.57 Å². The molecule has 0 spiro atoms. The number of H-pyrrole nitrogens is 1. The molecular formula is C16H27N3O12P3-3. The van der Waals surface area contributed by atoms with Gasteiger partial charge in [0.1, 0.15) is 6.23 Å². The zero-order chi connectivity index (χ0) is 26.3. The fourth-order valence-electron chi connectivity index (χ4n) is 3.20. The molecular weight excluding hydrogens is 519 g/mol. The van der Waals surface area contributed by atoms with E-state index in [1.807, 2.05) is 5.09 Å². The summed E-state index contributed by atoms with van der Waals surface area (Å²) in [5.41, 5.74) is -2.14. The van der Waals surface area contributed by atoms with Gasteiger partial charge in [0.25, 0.3) is 21.2 Å². The van der Waals surface area contributed by atoms with Crippen LogP contribution in [0, 0.1) is 18.8 Å². The normalized spacial score (nSPS) is 28.7. The van der Waals surface area contributed by atoms with Crippen molar-refractivity contribution in [2.45, 2.75) is 59.4 Å². The monoisotopic (exact) mass is 546 g/mol. The van der Waals surface area contributed by atoms with Crippen LogP contribution in [0.25, 0.3) is 0 Å². The summed E-state index contributed by atoms with van der Waals surface area (Å²) in [6.45, 7) is 8.41. The third kappa shape index (κ3) is 8.04. The van der Waals surface area contributed by atoms with E-state index in [1.165, 1.54) is 33.9 Å². The summed E-state index contributed by atoms with van der Waals surface area (Å²) in [6.07, 6.45) is -0.495. The summed E-state index contributed by atoms with van der Waals surface area (Å²) >= 11 is 0. The van der Waals surface area contributed by atoms with Crippen LogP contribution in [0.2, 0.25) is 0 Å². The van der Waals surface area contributed by atoms with Crippen molar-refractivity contribution >= 4 is 23.4 Å². The highest BCUT2D eigenvalue weighted by Gasteiger charge is 2.41. The lowest BCUT2D eigenvalue weighted by Crippen LogP contribution is -2.37. The summed E-state index contributed by atoms with van der Waals surface area (Å²) < 4.78 is 54.8. The number of aryl methyl sites for hydroxylation is 1. The quantitative estimate of drug-likeness (QED) is 0.385. The van der Waals surface area contributed by atoms with Crippen molar-refractivity contribution in [2.24, 2.45) is 11.8 Å². The van der Waals surface area contributed by atoms with Gasteiger partial charge in [-0.3, -0.25) is 37.4 Å². The molecule has 0 aromatic carbocycles. The fraction of sp³-hybridized carbons (Fsp3) is 0.750. The van der Waals surface area contributed by atoms with Gasteiger partial charge in [-0.25, -0.2) is 9.11 Å². The average Bonchev–Trinajstić information content (AvgIpc) is 2.87. The van der Waals surface area contributed by atoms with Crippen molar-refractivity contribution in [1.29, 1.82) is 0 Å². The van der Waals surface area contributed by atoms with Gasteiger partial charge in [0.15, 0.2) is 0 Å². The molecule has 1 aliphatic rings. The number of aromatic nitrogens is 2. The maximum atomic E-state index is 12.2. The van der Waals surface area contributed by atoms with E-state index in [0.29, 0.717) is 0 Å². The number of hydrogen-bond donors (Lipinski definition) is 2. The van der Waals surface area contributed by atoms with Crippen molar-refractivity contribution in [1.82, 2.24) is 14.6 Å². The van der Waals surface area contributed by atoms with E-state index in [4.69, 9.17) is 4.74 Å². The number of phosphoric acid groups is 2. The first-order chi connectivity index (χ1) is 15.2. The van der Waals surface area contributed by atoms with E-state index in [1.54, 1.807) is 13.8 Å². The Kier molecular flexibility index (Phi) is 8.78. The second kappa shape index (κ2) is 10.2. The molecule has 34 heavy (non-hydrogen) atoms. The van der Waals surface area contributed by atoms with Gasteiger partial charge < -0.3 is 23.9 Å². The highest BCUT2D eigenvalue weighted by molar-refractivity contribution is 7.66. The maximum absolute atomic E-state index is 12.2. The molecule has 196 valence electrons. The van der Waals surface area contributed by atoms with E-state index in [-0.39, 0.29) is 17.4 Å². The first-order valence-corrected chi connectivity index (χ1v) is 14.5. The summed E-state index contributed by atoms with van der Waals surface area (Å²) in [4.78, 5) is 61.5. The Bertz CT molecular complexity index is 1160. The van der Waals surface area contributed by atoms with Crippen LogP contribution in [-0.2, 0) is 31.6 Å². The standard InChI is InChI=1S/C16H30N3O12P3/c1-9-7-19(15(21)17-13(9)20)14-11(3)10(2)12(29-14)8-28-33(24,25)31-34(26,27)30-32(22,23)18-16(4,5)6/h7,10-12,14H,8H2,1-6H3,(H,24,25)(H,26,27)(H,17,20,21)(H2,18,22,23)/p-3/t10-,11?,12-,14-/m1/s1. The molecule has 2 N–H and O–H groups in total. The molecule has 18 heteroatoms. The van der Waals surface area contributed by atoms with Crippen LogP contribution >= 0.6 is 23.4 Å². The van der Waals surface area contributed by atoms with Crippen LogP contribution in [0.3, 0.4) is 0 Å². The number of ether oxygens (including phenoxy) is 1. The molecule has 4 unspecified atom stereocenters. The summed E-state index contributed by atoms with van der Waals surface area (Å²) in [5, 5.41) is 1.88. The molecule has 7 atom stereocenters. The number of nitrogens with zero attached hydrogens (tertiary/aromatic N) is 1. The summed E-state index contributed by atoms with van der Waals surface area (Å²) in [6, 6.07) is 0. The zero-order valence-corrected chi connectivity index (χ0v) is 22.0. The maximum Gasteiger partial charge on any atom is 0.330 e. The van der Waals surface area contributed by atoms with E-state index >= 15 is 0 Å². The molecule has 1 aliphatic heterocycles. The largest absolute Gasteiger partial charge is 0.766 e. The van der Waals surface area contributed by atoms with Crippen LogP contribution in [0.15, 0.2) is 15.8 Å². The van der Waals surface area contributed by atoms with Gasteiger partial charge in [-0.15, -0.1) is 0 Å². The van der Waals surface area contributed by atoms with E-state index < -0.39 is 59.1 Å². The molecule has 2 heterocycles. The Hall–Kier alpha value is -0.950. The summed E-state index contributed by atoms with van der Waals surface area (Å²) in [7, 11) is -16.7. The highest BCUT2D eigenvalue weighted by atomic mass is 31.3. The third-order valence-electron chi connectivity index (χ3n) is 4.88. The minimum absolute atomic E-state index is 0.253. The molecule has 1 aromatic heterocycles. The van der Waals surface area contributed by atoms with Crippen LogP contribution in [0.1, 0.15) is 46.4 Å². The molecule has 2 rings (SSSR count). The van der Waals surface area contributed by atoms with Crippen LogP contribution in [0.5, 0.6) is 0 Å². The zero-order valence-electron chi connectivity index (χ0n) is 19.3. The van der Waals surface area contributed by atoms with Gasteiger partial charge in [-0.1, -0.05) is 13.8 Å². The Balaban J connectivity index is 2.06. The molecule has 0 bridgehead atoms. The van der Waals surface area contributed by atoms with Gasteiger partial charge in [0.05, 0.1) is 12.7 Å². The molecule has 0 amide bonds. The topological polar surface area (TPSA) is 224 Å². The lowest BCUT2D eigenvalue weighted by molar-refractivity contribution is -0.246. The molecule has 1 aromatic rings. The van der Waals surface area contributed by atoms with E-state index in [9.17, 15) is 38.0 Å². The van der Waals surface area contributed by atoms with Crippen molar-refractivity contribution in [3.05, 3.63) is 32.6 Å². The van der Waals surface area contributed by atoms with Gasteiger partial charge in [0, 0.05) is 23.2 Å². The second-order valence-electron chi connectivity index (χ2n) is 8.97. The highest BCUT2D eigenvalue weighted by Crippen LogP contribution is 2.62. The number of nitrogens with one attached hydrogen (secondary N) is 2. The summed E-state index contributed by atoms with van der Waals surface area (Å²) in [5.74, 6) is -0.718. The average molecular weight is 546 g/mol. The first-order valence-electron chi connectivity index (χ1n) is 9.99. The lowest BCUT2D eigenvalue weighted by Gasteiger charge is -2.37. The molecule has 0 aliphatic carbocycles. The van der Waals surface area contributed by atoms with Gasteiger partial charge in [0.2, 0.25) is 7.75 Å². The van der Waals surface area contributed by atoms with Crippen LogP contribution in [0.4, 0.5) is 0 Å². The SMILES string of the molecule is Cc1cn([C@@H]2O[C@H](COP(=O)([O-])OP(=O)([O-])OP(=O)([O-])NC(C)(C)C)[C@H](C)C2C)c(=O)[nH]c1=O. The molecule has 1 saturated heterocycles. The molecule has 0 radical (unpaired) electrons. The Morgan fingerprint density at radius 3 is 2.24 bits per heavy atom. The molecule has 15 nitrogen and oxygen atoms in total. The van der Waals surface area contributed by atoms with Crippen molar-refractivity contribution in [2.75, 3.05) is 6.61 Å². The van der Waals surface area contributed by atoms with Gasteiger partial charge >= 0.3 is 5.69 Å². The Morgan fingerprint density at radius 1 is 1.09 bits per heavy atom. The number of phosphoric ester groups is 1. The number of hydrogen-bond acceptors (Lipinski definition) is 12. The minimum Gasteiger partial charge on any atom is -0.766 e. The van der Waals surface area contributed by atoms with Crippen LogP contribution < -0.4 is 31.0 Å². The second-order valence-corrected chi connectivity index (χ2v) is 13.5. The third-order valence-corrected chi connectivity index (χ3v) is 9.55. The Morgan fingerprint density at radius 2 is 1.68 bits per heavy atom. The smallest absolute Gasteiger partial charge is 0.330 e. The molecule has 0 saturated carbocycles. The lowest BCUT2D eigenvalue weighted by atomic mass is 9.93. The number of rotatable bonds is 9.